The third-order valence-corrected chi connectivity index (χ3v) is 4.73. The largest absolute Gasteiger partial charge is 0.381 e. The summed E-state index contributed by atoms with van der Waals surface area (Å²) < 4.78 is 5.50. The van der Waals surface area contributed by atoms with E-state index in [4.69, 9.17) is 4.74 Å². The van der Waals surface area contributed by atoms with Crippen LogP contribution in [0.3, 0.4) is 0 Å². The average Bonchev–Trinajstić information content (AvgIpc) is 3.11. The van der Waals surface area contributed by atoms with Crippen molar-refractivity contribution in [3.8, 4) is 0 Å². The lowest BCUT2D eigenvalue weighted by atomic mass is 10.1. The molecule has 0 bridgehead atoms. The highest BCUT2D eigenvalue weighted by Crippen LogP contribution is 2.28. The van der Waals surface area contributed by atoms with Crippen LogP contribution in [0, 0.1) is 0 Å². The number of fused-ring (bicyclic) bond motifs is 1. The summed E-state index contributed by atoms with van der Waals surface area (Å²) in [6.45, 7) is 6.17. The van der Waals surface area contributed by atoms with Gasteiger partial charge in [-0.05, 0) is 48.2 Å². The van der Waals surface area contributed by atoms with Gasteiger partial charge in [0.05, 0.1) is 0 Å². The van der Waals surface area contributed by atoms with Crippen LogP contribution < -0.4 is 10.2 Å². The summed E-state index contributed by atoms with van der Waals surface area (Å²) in [7, 11) is 0. The molecule has 3 rings (SSSR count). The molecule has 0 saturated heterocycles. The first-order valence-corrected chi connectivity index (χ1v) is 9.55. The number of hydrogen-bond donors (Lipinski definition) is 1. The summed E-state index contributed by atoms with van der Waals surface area (Å²) in [5.41, 5.74) is 4.63. The van der Waals surface area contributed by atoms with E-state index in [0.717, 1.165) is 44.6 Å². The Morgan fingerprint density at radius 2 is 1.65 bits per heavy atom. The van der Waals surface area contributed by atoms with E-state index < -0.39 is 0 Å². The Morgan fingerprint density at radius 1 is 1.00 bits per heavy atom. The maximum Gasteiger partial charge on any atom is 0.251 e. The summed E-state index contributed by atoms with van der Waals surface area (Å²) in [6.07, 6.45) is 3.09. The number of ether oxygens (including phenoxy) is 1. The zero-order valence-corrected chi connectivity index (χ0v) is 15.5. The predicted octanol–water partition coefficient (Wildman–Crippen LogP) is 4.14. The number of carbonyl (C=O) groups is 1. The topological polar surface area (TPSA) is 41.6 Å². The van der Waals surface area contributed by atoms with Crippen LogP contribution in [-0.2, 0) is 17.8 Å². The second kappa shape index (κ2) is 9.39. The Kier molecular flexibility index (Phi) is 6.67. The molecule has 0 saturated carbocycles. The van der Waals surface area contributed by atoms with Crippen molar-refractivity contribution in [3.63, 3.8) is 0 Å². The number of carbonyl (C=O) groups excluding carboxylic acids is 1. The average molecular weight is 352 g/mol. The summed E-state index contributed by atoms with van der Waals surface area (Å²) in [5, 5.41) is 2.96. The van der Waals surface area contributed by atoms with Crippen molar-refractivity contribution < 1.29 is 9.53 Å². The zero-order valence-electron chi connectivity index (χ0n) is 15.5. The third kappa shape index (κ3) is 4.85. The van der Waals surface area contributed by atoms with Crippen molar-refractivity contribution >= 4 is 11.6 Å². The number of nitrogens with zero attached hydrogens (tertiary/aromatic N) is 1. The van der Waals surface area contributed by atoms with Crippen LogP contribution >= 0.6 is 0 Å². The van der Waals surface area contributed by atoms with Crippen LogP contribution in [-0.4, -0.2) is 25.7 Å². The fourth-order valence-corrected chi connectivity index (χ4v) is 3.17. The summed E-state index contributed by atoms with van der Waals surface area (Å²) in [5.74, 6) is -0.0187. The first-order valence-electron chi connectivity index (χ1n) is 9.55. The van der Waals surface area contributed by atoms with Gasteiger partial charge in [-0.1, -0.05) is 37.6 Å². The van der Waals surface area contributed by atoms with Gasteiger partial charge in [-0.2, -0.15) is 0 Å². The molecule has 1 aliphatic heterocycles. The highest BCUT2D eigenvalue weighted by atomic mass is 16.5. The maximum atomic E-state index is 12.2. The number of hydrogen-bond acceptors (Lipinski definition) is 3. The highest BCUT2D eigenvalue weighted by Gasteiger charge is 2.18. The van der Waals surface area contributed by atoms with Gasteiger partial charge in [-0.3, -0.25) is 4.79 Å². The van der Waals surface area contributed by atoms with Gasteiger partial charge in [0, 0.05) is 44.1 Å². The van der Waals surface area contributed by atoms with Crippen molar-refractivity contribution in [2.75, 3.05) is 24.7 Å². The Bertz CT molecular complexity index is 687. The number of nitrogens with one attached hydrogen (secondary N) is 1. The molecule has 138 valence electrons. The molecule has 0 fully saturated rings. The molecule has 0 atom stereocenters. The van der Waals surface area contributed by atoms with Gasteiger partial charge >= 0.3 is 0 Å². The van der Waals surface area contributed by atoms with Gasteiger partial charge in [0.1, 0.15) is 0 Å². The second-order valence-corrected chi connectivity index (χ2v) is 6.75. The first-order chi connectivity index (χ1) is 12.8. The van der Waals surface area contributed by atoms with Crippen LogP contribution in [0.5, 0.6) is 0 Å². The molecular formula is C22H28N2O2. The van der Waals surface area contributed by atoms with E-state index in [1.54, 1.807) is 0 Å². The van der Waals surface area contributed by atoms with Crippen LogP contribution in [0.1, 0.15) is 47.7 Å². The molecule has 0 spiro atoms. The number of amides is 1. The smallest absolute Gasteiger partial charge is 0.251 e. The van der Waals surface area contributed by atoms with Gasteiger partial charge in [0.2, 0.25) is 0 Å². The Hall–Kier alpha value is -2.33. The van der Waals surface area contributed by atoms with E-state index in [1.165, 1.54) is 11.1 Å². The van der Waals surface area contributed by atoms with Crippen molar-refractivity contribution in [2.24, 2.45) is 0 Å². The van der Waals surface area contributed by atoms with Crippen LogP contribution in [0.4, 0.5) is 5.69 Å². The molecule has 2 aromatic rings. The fraction of sp³-hybridized carbons (Fsp3) is 0.409. The lowest BCUT2D eigenvalue weighted by Crippen LogP contribution is -2.25. The molecule has 1 aliphatic rings. The Labute approximate surface area is 156 Å². The maximum absolute atomic E-state index is 12.2. The van der Waals surface area contributed by atoms with E-state index in [1.807, 2.05) is 24.3 Å². The van der Waals surface area contributed by atoms with E-state index >= 15 is 0 Å². The van der Waals surface area contributed by atoms with Crippen LogP contribution in [0.15, 0.2) is 48.5 Å². The van der Waals surface area contributed by atoms with Crippen LogP contribution in [0.2, 0.25) is 0 Å². The van der Waals surface area contributed by atoms with E-state index in [-0.39, 0.29) is 5.91 Å². The molecule has 4 heteroatoms. The molecule has 0 unspecified atom stereocenters. The van der Waals surface area contributed by atoms with Gasteiger partial charge in [0.25, 0.3) is 5.91 Å². The zero-order chi connectivity index (χ0) is 18.2. The Balaban J connectivity index is 1.44. The Morgan fingerprint density at radius 3 is 2.31 bits per heavy atom. The summed E-state index contributed by atoms with van der Waals surface area (Å²) in [6, 6.07) is 16.4. The molecule has 1 heterocycles. The highest BCUT2D eigenvalue weighted by molar-refractivity contribution is 5.94. The normalized spacial score (nSPS) is 12.9. The number of rotatable bonds is 9. The number of benzene rings is 2. The molecule has 1 amide bonds. The summed E-state index contributed by atoms with van der Waals surface area (Å²) >= 11 is 0. The second-order valence-electron chi connectivity index (χ2n) is 6.75. The van der Waals surface area contributed by atoms with Crippen LogP contribution in [0.25, 0.3) is 0 Å². The minimum absolute atomic E-state index is 0.0187. The van der Waals surface area contributed by atoms with Gasteiger partial charge in [-0.15, -0.1) is 0 Å². The molecule has 0 aliphatic carbocycles. The quantitative estimate of drug-likeness (QED) is 0.690. The van der Waals surface area contributed by atoms with Crippen molar-refractivity contribution in [3.05, 3.63) is 65.2 Å². The SMILES string of the molecule is CCCCOCCCNC(=O)c1ccc(N2Cc3ccccc3C2)cc1. The van der Waals surface area contributed by atoms with E-state index in [0.29, 0.717) is 18.7 Å². The molecule has 0 radical (unpaired) electrons. The molecule has 4 nitrogen and oxygen atoms in total. The molecule has 26 heavy (non-hydrogen) atoms. The van der Waals surface area contributed by atoms with E-state index in [9.17, 15) is 4.79 Å². The number of anilines is 1. The summed E-state index contributed by atoms with van der Waals surface area (Å²) in [4.78, 5) is 14.6. The van der Waals surface area contributed by atoms with Gasteiger partial charge in [-0.25, -0.2) is 0 Å². The lowest BCUT2D eigenvalue weighted by molar-refractivity contribution is 0.0940. The third-order valence-electron chi connectivity index (χ3n) is 4.73. The lowest BCUT2D eigenvalue weighted by Gasteiger charge is -2.18. The van der Waals surface area contributed by atoms with Crippen molar-refractivity contribution in [1.82, 2.24) is 5.32 Å². The van der Waals surface area contributed by atoms with Gasteiger partial charge < -0.3 is 15.0 Å². The predicted molar refractivity (Wildman–Crippen MR) is 105 cm³/mol. The monoisotopic (exact) mass is 352 g/mol. The standard InChI is InChI=1S/C22H28N2O2/c1-2-3-14-26-15-6-13-23-22(25)18-9-11-21(12-10-18)24-16-19-7-4-5-8-20(19)17-24/h4-5,7-12H,2-3,6,13-17H2,1H3,(H,23,25). The van der Waals surface area contributed by atoms with E-state index in [2.05, 4.69) is 41.4 Å². The van der Waals surface area contributed by atoms with Crippen molar-refractivity contribution in [1.29, 1.82) is 0 Å². The minimum atomic E-state index is -0.0187. The molecule has 0 aromatic heterocycles. The van der Waals surface area contributed by atoms with Gasteiger partial charge in [0.15, 0.2) is 0 Å². The molecule has 2 aromatic carbocycles. The first kappa shape index (κ1) is 18.5. The number of unbranched alkanes of at least 4 members (excludes halogenated alkanes) is 1. The van der Waals surface area contributed by atoms with Crippen molar-refractivity contribution in [2.45, 2.75) is 39.3 Å². The fourth-order valence-electron chi connectivity index (χ4n) is 3.17. The minimum Gasteiger partial charge on any atom is -0.381 e. The molecular weight excluding hydrogens is 324 g/mol. The molecule has 1 N–H and O–H groups in total.